The number of pyridine rings is 1. The lowest BCUT2D eigenvalue weighted by atomic mass is 10.00. The van der Waals surface area contributed by atoms with Crippen LogP contribution in [0.15, 0.2) is 54.7 Å². The van der Waals surface area contributed by atoms with Crippen LogP contribution in [0.5, 0.6) is 5.88 Å². The summed E-state index contributed by atoms with van der Waals surface area (Å²) in [5.41, 5.74) is 2.47. The highest BCUT2D eigenvalue weighted by atomic mass is 16.5. The van der Waals surface area contributed by atoms with E-state index in [9.17, 15) is 9.59 Å². The van der Waals surface area contributed by atoms with Crippen molar-refractivity contribution in [2.75, 3.05) is 40.5 Å². The molecule has 1 aromatic heterocycles. The molecule has 0 spiro atoms. The molecule has 0 bridgehead atoms. The third-order valence-corrected chi connectivity index (χ3v) is 5.45. The summed E-state index contributed by atoms with van der Waals surface area (Å²) in [5, 5.41) is 1.96. The summed E-state index contributed by atoms with van der Waals surface area (Å²) in [7, 11) is 2.95. The van der Waals surface area contributed by atoms with E-state index in [1.807, 2.05) is 42.5 Å². The molecule has 3 aromatic rings. The van der Waals surface area contributed by atoms with Crippen molar-refractivity contribution in [3.8, 4) is 17.0 Å². The topological polar surface area (TPSA) is 78.0 Å². The molecular formula is C24H24N2O5. The van der Waals surface area contributed by atoms with E-state index in [-0.39, 0.29) is 25.0 Å². The molecule has 1 fully saturated rings. The molecule has 0 aliphatic carbocycles. The number of hydrogen-bond donors (Lipinski definition) is 0. The Kier molecular flexibility index (Phi) is 6.13. The minimum absolute atomic E-state index is 0.126. The van der Waals surface area contributed by atoms with Crippen molar-refractivity contribution in [1.82, 2.24) is 9.88 Å². The van der Waals surface area contributed by atoms with E-state index in [1.54, 1.807) is 18.2 Å². The summed E-state index contributed by atoms with van der Waals surface area (Å²) in [5.74, 6) is -0.401. The van der Waals surface area contributed by atoms with Gasteiger partial charge in [0.1, 0.15) is 0 Å². The summed E-state index contributed by atoms with van der Waals surface area (Å²) >= 11 is 0. The maximum atomic E-state index is 13.1. The number of esters is 1. The SMILES string of the molecule is COC(=O)C1COCCN(C(=O)c2ccc3cc(-c4cccnc4OC)ccc3c2)C1. The molecule has 4 rings (SSSR count). The number of aromatic nitrogens is 1. The molecule has 31 heavy (non-hydrogen) atoms. The first kappa shape index (κ1) is 20.8. The van der Waals surface area contributed by atoms with Gasteiger partial charge < -0.3 is 19.1 Å². The van der Waals surface area contributed by atoms with Crippen molar-refractivity contribution in [3.63, 3.8) is 0 Å². The highest BCUT2D eigenvalue weighted by molar-refractivity contribution is 5.99. The van der Waals surface area contributed by atoms with Crippen molar-refractivity contribution >= 4 is 22.6 Å². The van der Waals surface area contributed by atoms with Crippen molar-refractivity contribution in [1.29, 1.82) is 0 Å². The van der Waals surface area contributed by atoms with Crippen LogP contribution >= 0.6 is 0 Å². The smallest absolute Gasteiger partial charge is 0.312 e. The van der Waals surface area contributed by atoms with Gasteiger partial charge in [-0.05, 0) is 46.7 Å². The fourth-order valence-corrected chi connectivity index (χ4v) is 3.81. The third kappa shape index (κ3) is 4.36. The lowest BCUT2D eigenvalue weighted by Gasteiger charge is -2.22. The average Bonchev–Trinajstić information content (AvgIpc) is 3.09. The number of ether oxygens (including phenoxy) is 3. The number of hydrogen-bond acceptors (Lipinski definition) is 6. The van der Waals surface area contributed by atoms with Gasteiger partial charge in [-0.2, -0.15) is 0 Å². The van der Waals surface area contributed by atoms with E-state index in [0.29, 0.717) is 24.6 Å². The van der Waals surface area contributed by atoms with E-state index in [2.05, 4.69) is 11.1 Å². The van der Waals surface area contributed by atoms with Gasteiger partial charge in [0.05, 0.1) is 33.4 Å². The second-order valence-electron chi connectivity index (χ2n) is 7.38. The minimum atomic E-state index is -0.478. The van der Waals surface area contributed by atoms with E-state index >= 15 is 0 Å². The number of methoxy groups -OCH3 is 2. The zero-order chi connectivity index (χ0) is 21.8. The molecule has 7 heteroatoms. The van der Waals surface area contributed by atoms with Gasteiger partial charge in [-0.1, -0.05) is 18.2 Å². The number of rotatable bonds is 4. The largest absolute Gasteiger partial charge is 0.481 e. The maximum Gasteiger partial charge on any atom is 0.312 e. The zero-order valence-corrected chi connectivity index (χ0v) is 17.5. The predicted octanol–water partition coefficient (Wildman–Crippen LogP) is 3.17. The van der Waals surface area contributed by atoms with Gasteiger partial charge in [0.25, 0.3) is 5.91 Å². The number of amides is 1. The standard InChI is InChI=1S/C24H24N2O5/c1-29-22-21(4-3-9-25-22)18-7-5-17-13-19(8-6-16(17)12-18)23(27)26-10-11-31-15-20(14-26)24(28)30-2/h3-9,12-13,20H,10-11,14-15H2,1-2H3. The first-order valence-corrected chi connectivity index (χ1v) is 10.1. The predicted molar refractivity (Wildman–Crippen MR) is 116 cm³/mol. The highest BCUT2D eigenvalue weighted by Crippen LogP contribution is 2.30. The number of benzene rings is 2. The van der Waals surface area contributed by atoms with E-state index < -0.39 is 5.92 Å². The summed E-state index contributed by atoms with van der Waals surface area (Å²) < 4.78 is 15.7. The number of carbonyl (C=O) groups excluding carboxylic acids is 2. The first-order chi connectivity index (χ1) is 15.1. The van der Waals surface area contributed by atoms with Gasteiger partial charge in [-0.25, -0.2) is 4.98 Å². The molecule has 0 N–H and O–H groups in total. The molecule has 1 atom stereocenters. The molecule has 0 saturated carbocycles. The van der Waals surface area contributed by atoms with Crippen LogP contribution in [0.3, 0.4) is 0 Å². The Bertz CT molecular complexity index is 1110. The third-order valence-electron chi connectivity index (χ3n) is 5.45. The lowest BCUT2D eigenvalue weighted by molar-refractivity contribution is -0.147. The van der Waals surface area contributed by atoms with Crippen molar-refractivity contribution < 1.29 is 23.8 Å². The van der Waals surface area contributed by atoms with Crippen molar-refractivity contribution in [2.24, 2.45) is 5.92 Å². The van der Waals surface area contributed by atoms with Crippen LogP contribution in [0, 0.1) is 5.92 Å². The van der Waals surface area contributed by atoms with Crippen LogP contribution < -0.4 is 4.74 Å². The fourth-order valence-electron chi connectivity index (χ4n) is 3.81. The molecule has 160 valence electrons. The number of fused-ring (bicyclic) bond motifs is 1. The Balaban J connectivity index is 1.60. The zero-order valence-electron chi connectivity index (χ0n) is 17.5. The number of nitrogens with zero attached hydrogens (tertiary/aromatic N) is 2. The molecule has 1 saturated heterocycles. The molecule has 1 aliphatic heterocycles. The minimum Gasteiger partial charge on any atom is -0.481 e. The Labute approximate surface area is 180 Å². The van der Waals surface area contributed by atoms with E-state index in [1.165, 1.54) is 7.11 Å². The van der Waals surface area contributed by atoms with Gasteiger partial charge in [-0.3, -0.25) is 9.59 Å². The van der Waals surface area contributed by atoms with Gasteiger partial charge in [-0.15, -0.1) is 0 Å². The lowest BCUT2D eigenvalue weighted by Crippen LogP contribution is -2.38. The van der Waals surface area contributed by atoms with Gasteiger partial charge in [0, 0.05) is 30.4 Å². The second kappa shape index (κ2) is 9.14. The van der Waals surface area contributed by atoms with E-state index in [0.717, 1.165) is 21.9 Å². The fraction of sp³-hybridized carbons (Fsp3) is 0.292. The van der Waals surface area contributed by atoms with Gasteiger partial charge >= 0.3 is 5.97 Å². The summed E-state index contributed by atoms with van der Waals surface area (Å²) in [6, 6.07) is 15.5. The summed E-state index contributed by atoms with van der Waals surface area (Å²) in [6.07, 6.45) is 1.69. The Morgan fingerprint density at radius 2 is 1.90 bits per heavy atom. The van der Waals surface area contributed by atoms with Crippen molar-refractivity contribution in [3.05, 3.63) is 60.3 Å². The maximum absolute atomic E-state index is 13.1. The molecule has 1 amide bonds. The Morgan fingerprint density at radius 1 is 1.10 bits per heavy atom. The molecular weight excluding hydrogens is 396 g/mol. The first-order valence-electron chi connectivity index (χ1n) is 10.1. The summed E-state index contributed by atoms with van der Waals surface area (Å²) in [6.45, 7) is 1.37. The molecule has 2 aromatic carbocycles. The molecule has 2 heterocycles. The molecule has 7 nitrogen and oxygen atoms in total. The van der Waals surface area contributed by atoms with Crippen LogP contribution in [0.4, 0.5) is 0 Å². The van der Waals surface area contributed by atoms with Crippen molar-refractivity contribution in [2.45, 2.75) is 0 Å². The molecule has 0 radical (unpaired) electrons. The Hall–Kier alpha value is -3.45. The van der Waals surface area contributed by atoms with Crippen LogP contribution in [-0.2, 0) is 14.3 Å². The number of carbonyl (C=O) groups is 2. The molecule has 1 aliphatic rings. The van der Waals surface area contributed by atoms with Crippen LogP contribution in [-0.4, -0.2) is 62.3 Å². The summed E-state index contributed by atoms with van der Waals surface area (Å²) in [4.78, 5) is 31.0. The Morgan fingerprint density at radius 3 is 2.71 bits per heavy atom. The quantitative estimate of drug-likeness (QED) is 0.604. The van der Waals surface area contributed by atoms with E-state index in [4.69, 9.17) is 14.2 Å². The van der Waals surface area contributed by atoms with Crippen LogP contribution in [0.2, 0.25) is 0 Å². The second-order valence-corrected chi connectivity index (χ2v) is 7.38. The van der Waals surface area contributed by atoms with Gasteiger partial charge in [0.2, 0.25) is 5.88 Å². The van der Waals surface area contributed by atoms with Crippen LogP contribution in [0.25, 0.3) is 21.9 Å². The average molecular weight is 420 g/mol. The monoisotopic (exact) mass is 420 g/mol. The van der Waals surface area contributed by atoms with Crippen LogP contribution in [0.1, 0.15) is 10.4 Å². The highest BCUT2D eigenvalue weighted by Gasteiger charge is 2.28. The normalized spacial score (nSPS) is 16.6. The molecule has 1 unspecified atom stereocenters. The van der Waals surface area contributed by atoms with Gasteiger partial charge in [0.15, 0.2) is 0 Å².